The number of carbonyl (C=O) groups is 2. The van der Waals surface area contributed by atoms with Crippen LogP contribution in [0.25, 0.3) is 11.1 Å². The summed E-state index contributed by atoms with van der Waals surface area (Å²) in [7, 11) is 0. The quantitative estimate of drug-likeness (QED) is 0.804. The van der Waals surface area contributed by atoms with Gasteiger partial charge < -0.3 is 10.2 Å². The molecule has 0 atom stereocenters. The van der Waals surface area contributed by atoms with Crippen LogP contribution in [0.2, 0.25) is 0 Å². The van der Waals surface area contributed by atoms with Crippen molar-refractivity contribution in [1.29, 1.82) is 0 Å². The fourth-order valence-corrected chi connectivity index (χ4v) is 3.82. The number of likely N-dealkylation sites (tertiary alicyclic amines) is 1. The number of nitrogens with one attached hydrogen (secondary N) is 1. The van der Waals surface area contributed by atoms with Crippen LogP contribution in [0.1, 0.15) is 49.9 Å². The third kappa shape index (κ3) is 4.80. The molecule has 1 saturated heterocycles. The van der Waals surface area contributed by atoms with Gasteiger partial charge in [-0.05, 0) is 48.9 Å². The summed E-state index contributed by atoms with van der Waals surface area (Å²) < 4.78 is 0. The second kappa shape index (κ2) is 9.54. The van der Waals surface area contributed by atoms with Crippen molar-refractivity contribution in [3.05, 3.63) is 60.2 Å². The number of carbonyl (C=O) groups excluding carboxylic acids is 2. The molecule has 3 rings (SSSR count). The van der Waals surface area contributed by atoms with Gasteiger partial charge in [0.1, 0.15) is 0 Å². The fraction of sp³-hybridized carbons (Fsp3) is 0.417. The van der Waals surface area contributed by atoms with Gasteiger partial charge in [0.15, 0.2) is 0 Å². The molecule has 1 fully saturated rings. The number of piperidine rings is 1. The molecular formula is C24H30N2O2. The maximum Gasteiger partial charge on any atom is 0.253 e. The molecule has 0 aliphatic carbocycles. The van der Waals surface area contributed by atoms with Gasteiger partial charge in [0.25, 0.3) is 5.91 Å². The normalized spacial score (nSPS) is 14.9. The molecule has 4 heteroatoms. The molecule has 0 radical (unpaired) electrons. The van der Waals surface area contributed by atoms with Crippen LogP contribution in [-0.2, 0) is 4.79 Å². The van der Waals surface area contributed by atoms with Crippen molar-refractivity contribution >= 4 is 11.8 Å². The predicted octanol–water partition coefficient (Wildman–Crippen LogP) is 4.51. The SMILES string of the molecule is CCC(CC)C(=O)NC1CCN(C(=O)c2ccc(-c3ccccc3)cc2)CC1. The van der Waals surface area contributed by atoms with E-state index in [1.807, 2.05) is 47.4 Å². The van der Waals surface area contributed by atoms with Crippen LogP contribution in [0.4, 0.5) is 0 Å². The zero-order chi connectivity index (χ0) is 19.9. The molecule has 1 N–H and O–H groups in total. The van der Waals surface area contributed by atoms with Crippen molar-refractivity contribution in [3.63, 3.8) is 0 Å². The molecule has 0 aromatic heterocycles. The van der Waals surface area contributed by atoms with Gasteiger partial charge in [0.05, 0.1) is 0 Å². The average molecular weight is 379 g/mol. The third-order valence-electron chi connectivity index (χ3n) is 5.72. The first-order valence-corrected chi connectivity index (χ1v) is 10.4. The van der Waals surface area contributed by atoms with Gasteiger partial charge in [-0.1, -0.05) is 56.3 Å². The molecule has 0 unspecified atom stereocenters. The molecule has 1 aliphatic heterocycles. The van der Waals surface area contributed by atoms with E-state index >= 15 is 0 Å². The maximum atomic E-state index is 12.8. The Balaban J connectivity index is 1.54. The van der Waals surface area contributed by atoms with Gasteiger partial charge in [0.2, 0.25) is 5.91 Å². The molecular weight excluding hydrogens is 348 g/mol. The van der Waals surface area contributed by atoms with Crippen LogP contribution in [0.5, 0.6) is 0 Å². The molecule has 2 aromatic carbocycles. The molecule has 4 nitrogen and oxygen atoms in total. The first-order valence-electron chi connectivity index (χ1n) is 10.4. The standard InChI is InChI=1S/C24H30N2O2/c1-3-18(4-2)23(27)25-22-14-16-26(17-15-22)24(28)21-12-10-20(11-13-21)19-8-6-5-7-9-19/h5-13,18,22H,3-4,14-17H2,1-2H3,(H,25,27). The minimum atomic E-state index is 0.0735. The molecule has 2 amide bonds. The van der Waals surface area contributed by atoms with Gasteiger partial charge in [-0.3, -0.25) is 9.59 Å². The summed E-state index contributed by atoms with van der Waals surface area (Å²) >= 11 is 0. The van der Waals surface area contributed by atoms with E-state index < -0.39 is 0 Å². The minimum Gasteiger partial charge on any atom is -0.353 e. The van der Waals surface area contributed by atoms with E-state index in [0.717, 1.165) is 42.4 Å². The third-order valence-corrected chi connectivity index (χ3v) is 5.72. The second-order valence-electron chi connectivity index (χ2n) is 7.53. The first kappa shape index (κ1) is 20.1. The van der Waals surface area contributed by atoms with E-state index in [2.05, 4.69) is 31.3 Å². The molecule has 0 saturated carbocycles. The number of nitrogens with zero attached hydrogens (tertiary/aromatic N) is 1. The average Bonchev–Trinajstić information content (AvgIpc) is 2.75. The summed E-state index contributed by atoms with van der Waals surface area (Å²) in [6, 6.07) is 18.2. The van der Waals surface area contributed by atoms with E-state index in [0.29, 0.717) is 13.1 Å². The Labute approximate surface area is 167 Å². The predicted molar refractivity (Wildman–Crippen MR) is 113 cm³/mol. The Hall–Kier alpha value is -2.62. The number of hydrogen-bond donors (Lipinski definition) is 1. The lowest BCUT2D eigenvalue weighted by atomic mass is 9.99. The van der Waals surface area contributed by atoms with Crippen molar-refractivity contribution in [3.8, 4) is 11.1 Å². The highest BCUT2D eigenvalue weighted by Gasteiger charge is 2.26. The van der Waals surface area contributed by atoms with Crippen molar-refractivity contribution in [2.24, 2.45) is 5.92 Å². The zero-order valence-electron chi connectivity index (χ0n) is 16.9. The minimum absolute atomic E-state index is 0.0735. The van der Waals surface area contributed by atoms with Gasteiger partial charge in [-0.25, -0.2) is 0 Å². The first-order chi connectivity index (χ1) is 13.6. The Morgan fingerprint density at radius 1 is 0.929 bits per heavy atom. The molecule has 148 valence electrons. The lowest BCUT2D eigenvalue weighted by molar-refractivity contribution is -0.126. The van der Waals surface area contributed by atoms with Gasteiger partial charge in [-0.2, -0.15) is 0 Å². The van der Waals surface area contributed by atoms with Gasteiger partial charge in [-0.15, -0.1) is 0 Å². The number of amides is 2. The summed E-state index contributed by atoms with van der Waals surface area (Å²) in [6.45, 7) is 5.48. The lowest BCUT2D eigenvalue weighted by Gasteiger charge is -2.33. The Morgan fingerprint density at radius 2 is 1.50 bits per heavy atom. The van der Waals surface area contributed by atoms with Crippen molar-refractivity contribution in [2.75, 3.05) is 13.1 Å². The molecule has 28 heavy (non-hydrogen) atoms. The Kier molecular flexibility index (Phi) is 6.85. The number of rotatable bonds is 6. The zero-order valence-corrected chi connectivity index (χ0v) is 16.9. The number of benzene rings is 2. The highest BCUT2D eigenvalue weighted by Crippen LogP contribution is 2.21. The lowest BCUT2D eigenvalue weighted by Crippen LogP contribution is -2.47. The maximum absolute atomic E-state index is 12.8. The largest absolute Gasteiger partial charge is 0.353 e. The number of hydrogen-bond acceptors (Lipinski definition) is 2. The molecule has 0 spiro atoms. The van der Waals surface area contributed by atoms with E-state index in [4.69, 9.17) is 0 Å². The Morgan fingerprint density at radius 3 is 2.07 bits per heavy atom. The van der Waals surface area contributed by atoms with Crippen LogP contribution in [0.15, 0.2) is 54.6 Å². The summed E-state index contributed by atoms with van der Waals surface area (Å²) in [5.74, 6) is 0.332. The summed E-state index contributed by atoms with van der Waals surface area (Å²) in [6.07, 6.45) is 3.39. The van der Waals surface area contributed by atoms with Gasteiger partial charge >= 0.3 is 0 Å². The van der Waals surface area contributed by atoms with E-state index in [1.54, 1.807) is 0 Å². The van der Waals surface area contributed by atoms with Crippen LogP contribution in [0.3, 0.4) is 0 Å². The van der Waals surface area contributed by atoms with Crippen LogP contribution >= 0.6 is 0 Å². The van der Waals surface area contributed by atoms with Crippen LogP contribution in [-0.4, -0.2) is 35.8 Å². The molecule has 1 aliphatic rings. The fourth-order valence-electron chi connectivity index (χ4n) is 3.82. The highest BCUT2D eigenvalue weighted by molar-refractivity contribution is 5.94. The summed E-state index contributed by atoms with van der Waals surface area (Å²) in [4.78, 5) is 27.0. The Bertz CT molecular complexity index is 774. The van der Waals surface area contributed by atoms with Crippen molar-refractivity contribution in [1.82, 2.24) is 10.2 Å². The van der Waals surface area contributed by atoms with Crippen molar-refractivity contribution in [2.45, 2.75) is 45.6 Å². The monoisotopic (exact) mass is 378 g/mol. The van der Waals surface area contributed by atoms with E-state index in [-0.39, 0.29) is 23.8 Å². The van der Waals surface area contributed by atoms with Crippen LogP contribution < -0.4 is 5.32 Å². The molecule has 2 aromatic rings. The van der Waals surface area contributed by atoms with E-state index in [9.17, 15) is 9.59 Å². The smallest absolute Gasteiger partial charge is 0.253 e. The highest BCUT2D eigenvalue weighted by atomic mass is 16.2. The summed E-state index contributed by atoms with van der Waals surface area (Å²) in [5.41, 5.74) is 2.98. The molecule has 0 bridgehead atoms. The molecule has 1 heterocycles. The van der Waals surface area contributed by atoms with Gasteiger partial charge in [0, 0.05) is 30.6 Å². The topological polar surface area (TPSA) is 49.4 Å². The van der Waals surface area contributed by atoms with Crippen molar-refractivity contribution < 1.29 is 9.59 Å². The second-order valence-corrected chi connectivity index (χ2v) is 7.53. The van der Waals surface area contributed by atoms with E-state index in [1.165, 1.54) is 0 Å². The van der Waals surface area contributed by atoms with Crippen LogP contribution in [0, 0.1) is 5.92 Å². The summed E-state index contributed by atoms with van der Waals surface area (Å²) in [5, 5.41) is 3.17.